The van der Waals surface area contributed by atoms with Crippen LogP contribution in [0.1, 0.15) is 36.5 Å². The summed E-state index contributed by atoms with van der Waals surface area (Å²) in [5.41, 5.74) is 1.08. The molecule has 0 atom stereocenters. The predicted molar refractivity (Wildman–Crippen MR) is 119 cm³/mol. The third-order valence-electron chi connectivity index (χ3n) is 5.05. The molecule has 1 aromatic carbocycles. The van der Waals surface area contributed by atoms with Gasteiger partial charge < -0.3 is 4.57 Å². The molecule has 1 aliphatic heterocycles. The van der Waals surface area contributed by atoms with Crippen molar-refractivity contribution in [3.05, 3.63) is 78.7 Å². The summed E-state index contributed by atoms with van der Waals surface area (Å²) >= 11 is 7.25. The van der Waals surface area contributed by atoms with Crippen molar-refractivity contribution in [1.82, 2.24) is 19.3 Å². The summed E-state index contributed by atoms with van der Waals surface area (Å²) in [6.07, 6.45) is 7.54. The molecule has 4 rings (SSSR count). The van der Waals surface area contributed by atoms with E-state index < -0.39 is 0 Å². The van der Waals surface area contributed by atoms with Crippen LogP contribution in [-0.2, 0) is 19.5 Å². The van der Waals surface area contributed by atoms with Gasteiger partial charge in [-0.3, -0.25) is 9.36 Å². The summed E-state index contributed by atoms with van der Waals surface area (Å²) in [5.74, 6) is 1.43. The molecule has 0 radical (unpaired) electrons. The highest BCUT2D eigenvalue weighted by atomic mass is 35.5. The summed E-state index contributed by atoms with van der Waals surface area (Å²) in [4.78, 5) is 13.1. The molecule has 0 unspecified atom stereocenters. The first-order chi connectivity index (χ1) is 14.6. The molecule has 0 amide bonds. The number of aromatic nitrogens is 4. The van der Waals surface area contributed by atoms with Gasteiger partial charge in [-0.15, -0.1) is 28.1 Å². The van der Waals surface area contributed by atoms with Crippen molar-refractivity contribution in [2.45, 2.75) is 38.8 Å². The van der Waals surface area contributed by atoms with Crippen molar-refractivity contribution < 1.29 is 0 Å². The van der Waals surface area contributed by atoms with Crippen molar-refractivity contribution in [3.63, 3.8) is 0 Å². The van der Waals surface area contributed by atoms with Crippen LogP contribution < -0.4 is 14.8 Å². The second kappa shape index (κ2) is 8.82. The first-order valence-electron chi connectivity index (χ1n) is 9.77. The van der Waals surface area contributed by atoms with Crippen molar-refractivity contribution in [2.24, 2.45) is 0 Å². The number of fused-ring (bicyclic) bond motifs is 1. The van der Waals surface area contributed by atoms with Gasteiger partial charge in [-0.25, -0.2) is 0 Å². The molecule has 0 saturated carbocycles. The highest BCUT2D eigenvalue weighted by Gasteiger charge is 2.20. The zero-order chi connectivity index (χ0) is 21.1. The lowest BCUT2D eigenvalue weighted by atomic mass is 10.2. The number of allylic oxidation sites excluding steroid dienone is 1. The molecule has 0 fully saturated rings. The lowest BCUT2D eigenvalue weighted by Crippen LogP contribution is -2.32. The van der Waals surface area contributed by atoms with Gasteiger partial charge in [-0.2, -0.15) is 5.26 Å². The number of benzene rings is 1. The van der Waals surface area contributed by atoms with Crippen LogP contribution in [0.4, 0.5) is 0 Å². The first-order valence-corrected chi connectivity index (χ1v) is 11.0. The van der Waals surface area contributed by atoms with Gasteiger partial charge in [0.1, 0.15) is 22.1 Å². The van der Waals surface area contributed by atoms with E-state index in [0.717, 1.165) is 43.6 Å². The van der Waals surface area contributed by atoms with Crippen LogP contribution in [0.25, 0.3) is 11.6 Å². The number of thiazole rings is 1. The van der Waals surface area contributed by atoms with E-state index in [1.807, 2.05) is 22.8 Å². The Morgan fingerprint density at radius 1 is 1.27 bits per heavy atom. The third kappa shape index (κ3) is 3.89. The van der Waals surface area contributed by atoms with Crippen molar-refractivity contribution >= 4 is 34.6 Å². The molecule has 30 heavy (non-hydrogen) atoms. The summed E-state index contributed by atoms with van der Waals surface area (Å²) in [7, 11) is 0. The Kier molecular flexibility index (Phi) is 5.98. The van der Waals surface area contributed by atoms with Crippen LogP contribution in [0.5, 0.6) is 0 Å². The topological polar surface area (TPSA) is 76.5 Å². The number of halogens is 1. The molecule has 3 aromatic rings. The molecule has 3 heterocycles. The van der Waals surface area contributed by atoms with Crippen LogP contribution in [-0.4, -0.2) is 19.3 Å². The molecular formula is C22H20ClN5OS. The quantitative estimate of drug-likeness (QED) is 0.588. The molecule has 0 saturated heterocycles. The van der Waals surface area contributed by atoms with Crippen LogP contribution in [0.3, 0.4) is 0 Å². The fraction of sp³-hybridized carbons (Fsp3) is 0.273. The van der Waals surface area contributed by atoms with Crippen molar-refractivity contribution in [2.75, 3.05) is 0 Å². The second-order valence-electron chi connectivity index (χ2n) is 7.06. The molecule has 0 aliphatic carbocycles. The maximum Gasteiger partial charge on any atom is 0.269 e. The smallest absolute Gasteiger partial charge is 0.269 e. The monoisotopic (exact) mass is 437 g/mol. The van der Waals surface area contributed by atoms with Gasteiger partial charge in [0.2, 0.25) is 0 Å². The van der Waals surface area contributed by atoms with E-state index >= 15 is 0 Å². The van der Waals surface area contributed by atoms with E-state index in [-0.39, 0.29) is 5.56 Å². The molecule has 8 heteroatoms. The average Bonchev–Trinajstić information content (AvgIpc) is 3.17. The molecule has 0 spiro atoms. The predicted octanol–water partition coefficient (Wildman–Crippen LogP) is 2.62. The molecule has 1 aliphatic rings. The molecule has 6 nitrogen and oxygen atoms in total. The SMILES string of the molecule is C=CCn1c(=O)/c(=C/c2ccc(Cl)cc2)s/c1=C(/C#N)c1nnc2n1CCCCC2. The van der Waals surface area contributed by atoms with E-state index in [1.54, 1.807) is 22.8 Å². The normalized spacial score (nSPS) is 15.3. The number of nitriles is 1. The van der Waals surface area contributed by atoms with Gasteiger partial charge in [0.15, 0.2) is 5.82 Å². The highest BCUT2D eigenvalue weighted by Crippen LogP contribution is 2.18. The van der Waals surface area contributed by atoms with Crippen molar-refractivity contribution in [3.8, 4) is 6.07 Å². The van der Waals surface area contributed by atoms with Gasteiger partial charge in [0.25, 0.3) is 5.56 Å². The number of hydrogen-bond acceptors (Lipinski definition) is 5. The Bertz CT molecular complexity index is 1310. The largest absolute Gasteiger partial charge is 0.310 e. The Balaban J connectivity index is 1.97. The van der Waals surface area contributed by atoms with Gasteiger partial charge in [-0.05, 0) is 36.6 Å². The van der Waals surface area contributed by atoms with Gasteiger partial charge in [-0.1, -0.05) is 36.2 Å². The number of nitrogens with zero attached hydrogens (tertiary/aromatic N) is 5. The standard InChI is InChI=1S/C22H20ClN5OS/c1-2-11-28-21(29)18(13-15-7-9-16(23)10-8-15)30-22(28)17(14-24)20-26-25-19-6-4-3-5-12-27(19)20/h2,7-10,13H,1,3-6,11-12H2/b18-13-,22-17-. The zero-order valence-corrected chi connectivity index (χ0v) is 17.9. The minimum atomic E-state index is -0.159. The van der Waals surface area contributed by atoms with Gasteiger partial charge in [0.05, 0.1) is 4.53 Å². The van der Waals surface area contributed by atoms with E-state index in [9.17, 15) is 10.1 Å². The van der Waals surface area contributed by atoms with Crippen molar-refractivity contribution in [1.29, 1.82) is 5.26 Å². The van der Waals surface area contributed by atoms with Gasteiger partial charge in [0, 0.05) is 24.5 Å². The number of hydrogen-bond donors (Lipinski definition) is 0. The van der Waals surface area contributed by atoms with E-state index in [1.165, 1.54) is 11.3 Å². The van der Waals surface area contributed by atoms with Gasteiger partial charge >= 0.3 is 0 Å². The fourth-order valence-corrected chi connectivity index (χ4v) is 4.81. The van der Waals surface area contributed by atoms with E-state index in [2.05, 4.69) is 22.8 Å². The lowest BCUT2D eigenvalue weighted by Gasteiger charge is -2.06. The highest BCUT2D eigenvalue weighted by molar-refractivity contribution is 7.07. The van der Waals surface area contributed by atoms with E-state index in [0.29, 0.717) is 32.2 Å². The zero-order valence-electron chi connectivity index (χ0n) is 16.3. The Labute approximate surface area is 182 Å². The van der Waals surface area contributed by atoms with E-state index in [4.69, 9.17) is 11.6 Å². The molecule has 152 valence electrons. The molecule has 0 N–H and O–H groups in total. The maximum absolute atomic E-state index is 13.1. The summed E-state index contributed by atoms with van der Waals surface area (Å²) in [5, 5.41) is 19.3. The Morgan fingerprint density at radius 3 is 2.80 bits per heavy atom. The molecule has 2 aromatic heterocycles. The second-order valence-corrected chi connectivity index (χ2v) is 8.53. The average molecular weight is 438 g/mol. The van der Waals surface area contributed by atoms with Crippen LogP contribution in [0.2, 0.25) is 5.02 Å². The number of aryl methyl sites for hydroxylation is 1. The maximum atomic E-state index is 13.1. The number of rotatable bonds is 4. The minimum Gasteiger partial charge on any atom is -0.310 e. The first kappa shape index (κ1) is 20.3. The third-order valence-corrected chi connectivity index (χ3v) is 6.43. The fourth-order valence-electron chi connectivity index (χ4n) is 3.57. The molecule has 0 bridgehead atoms. The Hall–Kier alpha value is -2.95. The summed E-state index contributed by atoms with van der Waals surface area (Å²) in [6, 6.07) is 9.55. The Morgan fingerprint density at radius 2 is 2.07 bits per heavy atom. The summed E-state index contributed by atoms with van der Waals surface area (Å²) in [6.45, 7) is 4.86. The van der Waals surface area contributed by atoms with Crippen LogP contribution >= 0.6 is 22.9 Å². The van der Waals surface area contributed by atoms with Crippen LogP contribution in [0, 0.1) is 11.3 Å². The van der Waals surface area contributed by atoms with Crippen LogP contribution in [0.15, 0.2) is 41.7 Å². The lowest BCUT2D eigenvalue weighted by molar-refractivity contribution is 0.626. The summed E-state index contributed by atoms with van der Waals surface area (Å²) < 4.78 is 4.71. The molecular weight excluding hydrogens is 418 g/mol. The minimum absolute atomic E-state index is 0.159.